The van der Waals surface area contributed by atoms with Gasteiger partial charge in [0.05, 0.1) is 24.2 Å². The van der Waals surface area contributed by atoms with Crippen LogP contribution in [0, 0.1) is 5.92 Å². The van der Waals surface area contributed by atoms with Crippen LogP contribution in [0.4, 0.5) is 4.79 Å². The lowest BCUT2D eigenvalue weighted by Gasteiger charge is -2.47. The molecule has 214 valence electrons. The van der Waals surface area contributed by atoms with Crippen molar-refractivity contribution in [1.82, 2.24) is 9.80 Å². The highest BCUT2D eigenvalue weighted by Crippen LogP contribution is 2.38. The van der Waals surface area contributed by atoms with E-state index in [0.717, 1.165) is 11.1 Å². The summed E-state index contributed by atoms with van der Waals surface area (Å²) in [6.07, 6.45) is -1.49. The quantitative estimate of drug-likeness (QED) is 0.221. The molecule has 42 heavy (non-hydrogen) atoms. The molecule has 4 atom stereocenters. The standard InChI is InChI=1S/C35H34N2O5/c1-25(28-17-9-4-10-18-28)36-24-37(35(40)41-23-27-15-7-3-8-16-27)26(2)31(33(36)38)32(29-19-11-5-12-20-29)42-34(39)30-21-13-6-14-22-30/h3-22,25-26,31-32H,23-24H2,1-2H3/t25-,26+,31-,32+/m0/s1. The number of nitrogens with zero attached hydrogens (tertiary/aromatic N) is 2. The molecule has 0 N–H and O–H groups in total. The van der Waals surface area contributed by atoms with Crippen LogP contribution < -0.4 is 0 Å². The number of ether oxygens (including phenoxy) is 2. The van der Waals surface area contributed by atoms with Gasteiger partial charge < -0.3 is 14.4 Å². The minimum absolute atomic E-state index is 0.0360. The molecule has 0 aliphatic carbocycles. The summed E-state index contributed by atoms with van der Waals surface area (Å²) >= 11 is 0. The molecule has 2 amide bonds. The maximum Gasteiger partial charge on any atom is 0.411 e. The fourth-order valence-electron chi connectivity index (χ4n) is 5.34. The Labute approximate surface area is 246 Å². The molecule has 1 saturated heterocycles. The van der Waals surface area contributed by atoms with E-state index >= 15 is 0 Å². The van der Waals surface area contributed by atoms with Crippen molar-refractivity contribution < 1.29 is 23.9 Å². The highest BCUT2D eigenvalue weighted by molar-refractivity contribution is 5.90. The van der Waals surface area contributed by atoms with E-state index in [1.54, 1.807) is 34.1 Å². The second kappa shape index (κ2) is 13.2. The van der Waals surface area contributed by atoms with Gasteiger partial charge in [0.25, 0.3) is 0 Å². The first-order chi connectivity index (χ1) is 20.4. The average Bonchev–Trinajstić information content (AvgIpc) is 3.04. The van der Waals surface area contributed by atoms with Crippen molar-refractivity contribution in [2.24, 2.45) is 5.92 Å². The number of carbonyl (C=O) groups is 3. The van der Waals surface area contributed by atoms with Gasteiger partial charge in [-0.15, -0.1) is 0 Å². The topological polar surface area (TPSA) is 76.2 Å². The molecule has 1 aliphatic heterocycles. The molecule has 0 radical (unpaired) electrons. The van der Waals surface area contributed by atoms with E-state index < -0.39 is 30.1 Å². The summed E-state index contributed by atoms with van der Waals surface area (Å²) in [5, 5.41) is 0. The minimum atomic E-state index is -0.948. The maximum absolute atomic E-state index is 14.4. The maximum atomic E-state index is 14.4. The SMILES string of the molecule is C[C@@H]1[C@@H]([C@H](OC(=O)c2ccccc2)c2ccccc2)C(=O)N([C@@H](C)c2ccccc2)CN1C(=O)OCc1ccccc1. The normalized spacial score (nSPS) is 18.2. The molecule has 0 spiro atoms. The Morgan fingerprint density at radius 1 is 0.786 bits per heavy atom. The third-order valence-electron chi connectivity index (χ3n) is 7.77. The molecule has 0 unspecified atom stereocenters. The zero-order valence-electron chi connectivity index (χ0n) is 23.7. The Morgan fingerprint density at radius 2 is 1.31 bits per heavy atom. The molecular weight excluding hydrogens is 528 g/mol. The van der Waals surface area contributed by atoms with Crippen LogP contribution in [-0.4, -0.2) is 40.5 Å². The largest absolute Gasteiger partial charge is 0.453 e. The molecule has 4 aromatic rings. The van der Waals surface area contributed by atoms with Gasteiger partial charge >= 0.3 is 12.1 Å². The number of carbonyl (C=O) groups excluding carboxylic acids is 3. The van der Waals surface area contributed by atoms with Gasteiger partial charge in [0.15, 0.2) is 0 Å². The summed E-state index contributed by atoms with van der Waals surface area (Å²) in [6, 6.07) is 36.0. The van der Waals surface area contributed by atoms with E-state index in [9.17, 15) is 14.4 Å². The van der Waals surface area contributed by atoms with Crippen molar-refractivity contribution in [1.29, 1.82) is 0 Å². The number of hydrogen-bond donors (Lipinski definition) is 0. The van der Waals surface area contributed by atoms with Gasteiger partial charge in [-0.2, -0.15) is 0 Å². The Hall–Kier alpha value is -4.91. The van der Waals surface area contributed by atoms with Crippen LogP contribution in [-0.2, 0) is 20.9 Å². The van der Waals surface area contributed by atoms with Gasteiger partial charge in [0, 0.05) is 6.04 Å². The lowest BCUT2D eigenvalue weighted by Crippen LogP contribution is -2.61. The molecule has 7 nitrogen and oxygen atoms in total. The fourth-order valence-corrected chi connectivity index (χ4v) is 5.34. The van der Waals surface area contributed by atoms with Crippen molar-refractivity contribution >= 4 is 18.0 Å². The summed E-state index contributed by atoms with van der Waals surface area (Å²) < 4.78 is 11.9. The van der Waals surface area contributed by atoms with E-state index in [1.807, 2.05) is 111 Å². The van der Waals surface area contributed by atoms with Crippen LogP contribution in [0.1, 0.15) is 53.0 Å². The van der Waals surface area contributed by atoms with Crippen LogP contribution in [0.25, 0.3) is 0 Å². The summed E-state index contributed by atoms with van der Waals surface area (Å²) in [6.45, 7) is 3.87. The van der Waals surface area contributed by atoms with E-state index in [-0.39, 0.29) is 25.2 Å². The predicted octanol–water partition coefficient (Wildman–Crippen LogP) is 6.79. The molecule has 0 bridgehead atoms. The lowest BCUT2D eigenvalue weighted by atomic mass is 9.85. The van der Waals surface area contributed by atoms with E-state index in [4.69, 9.17) is 9.47 Å². The summed E-state index contributed by atoms with van der Waals surface area (Å²) in [5.74, 6) is -1.64. The van der Waals surface area contributed by atoms with Crippen LogP contribution in [0.5, 0.6) is 0 Å². The molecule has 5 rings (SSSR count). The third kappa shape index (κ3) is 6.36. The summed E-state index contributed by atoms with van der Waals surface area (Å²) in [5.41, 5.74) is 2.83. The van der Waals surface area contributed by atoms with Crippen molar-refractivity contribution in [3.8, 4) is 0 Å². The third-order valence-corrected chi connectivity index (χ3v) is 7.77. The van der Waals surface area contributed by atoms with Crippen LogP contribution in [0.2, 0.25) is 0 Å². The second-order valence-corrected chi connectivity index (χ2v) is 10.4. The molecule has 7 heteroatoms. The molecule has 4 aromatic carbocycles. The first-order valence-corrected chi connectivity index (χ1v) is 14.1. The second-order valence-electron chi connectivity index (χ2n) is 10.4. The number of hydrogen-bond acceptors (Lipinski definition) is 5. The molecular formula is C35H34N2O5. The Balaban J connectivity index is 1.51. The van der Waals surface area contributed by atoms with Crippen LogP contribution in [0.3, 0.4) is 0 Å². The van der Waals surface area contributed by atoms with Crippen molar-refractivity contribution in [2.45, 2.75) is 38.6 Å². The molecule has 1 aliphatic rings. The van der Waals surface area contributed by atoms with Gasteiger partial charge in [-0.3, -0.25) is 9.69 Å². The molecule has 1 heterocycles. The van der Waals surface area contributed by atoms with Gasteiger partial charge in [-0.05, 0) is 42.7 Å². The number of benzene rings is 4. The van der Waals surface area contributed by atoms with E-state index in [0.29, 0.717) is 11.1 Å². The highest BCUT2D eigenvalue weighted by atomic mass is 16.6. The Morgan fingerprint density at radius 3 is 1.90 bits per heavy atom. The zero-order valence-corrected chi connectivity index (χ0v) is 23.7. The zero-order chi connectivity index (χ0) is 29.5. The van der Waals surface area contributed by atoms with Crippen LogP contribution in [0.15, 0.2) is 121 Å². The van der Waals surface area contributed by atoms with Gasteiger partial charge in [-0.25, -0.2) is 9.59 Å². The lowest BCUT2D eigenvalue weighted by molar-refractivity contribution is -0.156. The van der Waals surface area contributed by atoms with Crippen LogP contribution >= 0.6 is 0 Å². The average molecular weight is 563 g/mol. The van der Waals surface area contributed by atoms with Gasteiger partial charge in [0.2, 0.25) is 5.91 Å². The summed E-state index contributed by atoms with van der Waals surface area (Å²) in [4.78, 5) is 44.5. The highest BCUT2D eigenvalue weighted by Gasteiger charge is 2.48. The molecule has 0 aromatic heterocycles. The van der Waals surface area contributed by atoms with Crippen molar-refractivity contribution in [3.63, 3.8) is 0 Å². The van der Waals surface area contributed by atoms with Gasteiger partial charge in [-0.1, -0.05) is 109 Å². The Bertz CT molecular complexity index is 1480. The predicted molar refractivity (Wildman–Crippen MR) is 159 cm³/mol. The number of esters is 1. The number of amides is 2. The smallest absolute Gasteiger partial charge is 0.411 e. The van der Waals surface area contributed by atoms with Gasteiger partial charge in [0.1, 0.15) is 12.7 Å². The summed E-state index contributed by atoms with van der Waals surface area (Å²) in [7, 11) is 0. The number of rotatable bonds is 8. The fraction of sp³-hybridized carbons (Fsp3) is 0.229. The monoisotopic (exact) mass is 562 g/mol. The molecule has 1 fully saturated rings. The Kier molecular flexibility index (Phi) is 8.97. The van der Waals surface area contributed by atoms with E-state index in [1.165, 1.54) is 0 Å². The van der Waals surface area contributed by atoms with E-state index in [2.05, 4.69) is 0 Å². The minimum Gasteiger partial charge on any atom is -0.453 e. The van der Waals surface area contributed by atoms with Crippen molar-refractivity contribution in [3.05, 3.63) is 144 Å². The van der Waals surface area contributed by atoms with Crippen molar-refractivity contribution in [2.75, 3.05) is 6.67 Å². The first kappa shape index (κ1) is 28.6. The first-order valence-electron chi connectivity index (χ1n) is 14.1. The molecule has 0 saturated carbocycles.